The van der Waals surface area contributed by atoms with Crippen LogP contribution in [0.25, 0.3) is 0 Å². The van der Waals surface area contributed by atoms with Crippen LogP contribution in [0, 0.1) is 0 Å². The molecule has 1 fully saturated rings. The molecule has 129 valence electrons. The van der Waals surface area contributed by atoms with Crippen LogP contribution in [0.3, 0.4) is 0 Å². The van der Waals surface area contributed by atoms with Gasteiger partial charge in [0.05, 0.1) is 13.2 Å². The van der Waals surface area contributed by atoms with Gasteiger partial charge in [0.2, 0.25) is 6.29 Å². The monoisotopic (exact) mass is 351 g/mol. The van der Waals surface area contributed by atoms with Crippen molar-refractivity contribution in [3.63, 3.8) is 0 Å². The van der Waals surface area contributed by atoms with Crippen molar-refractivity contribution in [2.45, 2.75) is 37.3 Å². The van der Waals surface area contributed by atoms with E-state index in [-0.39, 0.29) is 36.2 Å². The van der Waals surface area contributed by atoms with Gasteiger partial charge in [-0.3, -0.25) is 0 Å². The number of aliphatic hydroxyl groups is 4. The van der Waals surface area contributed by atoms with Gasteiger partial charge in [-0.2, -0.15) is 0 Å². The van der Waals surface area contributed by atoms with Crippen LogP contribution in [0.2, 0.25) is 0 Å². The van der Waals surface area contributed by atoms with Crippen LogP contribution < -0.4 is 0 Å². The van der Waals surface area contributed by atoms with Gasteiger partial charge in [-0.1, -0.05) is 30.3 Å². The zero-order valence-corrected chi connectivity index (χ0v) is 15.3. The fourth-order valence-corrected chi connectivity index (χ4v) is 2.29. The molecule has 1 aliphatic heterocycles. The van der Waals surface area contributed by atoms with Crippen molar-refractivity contribution in [2.75, 3.05) is 13.2 Å². The van der Waals surface area contributed by atoms with Crippen LogP contribution in [0.15, 0.2) is 30.3 Å². The number of esters is 1. The Labute approximate surface area is 161 Å². The smallest absolute Gasteiger partial charge is 0.334 e. The molecule has 0 unspecified atom stereocenters. The van der Waals surface area contributed by atoms with Crippen LogP contribution in [0.5, 0.6) is 0 Å². The quantitative estimate of drug-likeness (QED) is 0.348. The van der Waals surface area contributed by atoms with Crippen molar-refractivity contribution >= 4 is 35.5 Å². The van der Waals surface area contributed by atoms with E-state index in [1.807, 2.05) is 30.3 Å². The zero-order valence-electron chi connectivity index (χ0n) is 13.3. The van der Waals surface area contributed by atoms with Crippen molar-refractivity contribution in [1.29, 1.82) is 0 Å². The van der Waals surface area contributed by atoms with Gasteiger partial charge in [-0.05, 0) is 5.56 Å². The van der Waals surface area contributed by atoms with Crippen molar-refractivity contribution in [2.24, 2.45) is 0 Å². The summed E-state index contributed by atoms with van der Waals surface area (Å²) >= 11 is 0. The number of aliphatic hydroxyl groups excluding tert-OH is 4. The first-order valence-electron chi connectivity index (χ1n) is 7.15. The molecule has 0 bridgehead atoms. The molecule has 24 heavy (non-hydrogen) atoms. The summed E-state index contributed by atoms with van der Waals surface area (Å²) in [4.78, 5) is 11.1. The summed E-state index contributed by atoms with van der Waals surface area (Å²) in [5.74, 6) is -1.01. The molecular weight excluding hydrogens is 331 g/mol. The number of ether oxygens (including phenoxy) is 3. The molecule has 1 saturated heterocycles. The molecule has 9 heteroatoms. The van der Waals surface area contributed by atoms with Crippen molar-refractivity contribution in [3.8, 4) is 0 Å². The Balaban J connectivity index is 0.00000288. The van der Waals surface area contributed by atoms with E-state index < -0.39 is 49.9 Å². The minimum absolute atomic E-state index is 0. The summed E-state index contributed by atoms with van der Waals surface area (Å²) < 4.78 is 15.5. The predicted molar refractivity (Wildman–Crippen MR) is 81.7 cm³/mol. The van der Waals surface area contributed by atoms with Crippen LogP contribution in [-0.2, 0) is 25.6 Å². The first kappa shape index (κ1) is 21.5. The molecule has 1 aromatic rings. The molecule has 1 radical (unpaired) electrons. The maximum atomic E-state index is 11.1. The van der Waals surface area contributed by atoms with Gasteiger partial charge in [0, 0.05) is 29.6 Å². The van der Waals surface area contributed by atoms with Gasteiger partial charge in [0.1, 0.15) is 31.0 Å². The second-order valence-corrected chi connectivity index (χ2v) is 5.12. The third kappa shape index (κ3) is 5.48. The Bertz CT molecular complexity index is 498. The normalized spacial score (nSPS) is 29.6. The topological polar surface area (TPSA) is 126 Å². The Morgan fingerprint density at radius 3 is 2.38 bits per heavy atom. The number of benzene rings is 1. The molecule has 1 aliphatic rings. The van der Waals surface area contributed by atoms with E-state index in [1.54, 1.807) is 0 Å². The Morgan fingerprint density at radius 1 is 1.12 bits per heavy atom. The SMILES string of the molecule is O=C(CO)O[C@@H]1O[C@H](CO)[C@@H](OCc2ccccc2)[C@H](O)[C@H]1O.[Na]. The van der Waals surface area contributed by atoms with E-state index in [9.17, 15) is 20.1 Å². The molecule has 0 aromatic heterocycles. The number of hydrogen-bond donors (Lipinski definition) is 4. The molecule has 0 amide bonds. The largest absolute Gasteiger partial charge is 0.431 e. The number of carbonyl (C=O) groups excluding carboxylic acids is 1. The average molecular weight is 351 g/mol. The van der Waals surface area contributed by atoms with Crippen molar-refractivity contribution in [1.82, 2.24) is 0 Å². The first-order valence-corrected chi connectivity index (χ1v) is 7.15. The molecule has 0 aliphatic carbocycles. The standard InChI is InChI=1S/C15H20O8.Na/c16-6-10-14(21-8-9-4-2-1-3-5-9)12(19)13(20)15(22-10)23-11(18)7-17;/h1-5,10,12-17,19-20H,6-8H2;/t10-,12-,13-,14-,15+;/m1./s1. The van der Waals surface area contributed by atoms with E-state index in [1.165, 1.54) is 0 Å². The molecule has 4 N–H and O–H groups in total. The second kappa shape index (κ2) is 10.4. The van der Waals surface area contributed by atoms with E-state index >= 15 is 0 Å². The summed E-state index contributed by atoms with van der Waals surface area (Å²) in [5.41, 5.74) is 0.847. The molecule has 5 atom stereocenters. The Hall–Kier alpha value is -0.550. The van der Waals surface area contributed by atoms with Crippen LogP contribution >= 0.6 is 0 Å². The minimum atomic E-state index is -1.56. The Morgan fingerprint density at radius 2 is 1.79 bits per heavy atom. The fourth-order valence-electron chi connectivity index (χ4n) is 2.29. The molecule has 1 heterocycles. The molecule has 0 saturated carbocycles. The predicted octanol–water partition coefficient (Wildman–Crippen LogP) is -1.83. The van der Waals surface area contributed by atoms with Gasteiger partial charge in [0.25, 0.3) is 0 Å². The number of hydrogen-bond acceptors (Lipinski definition) is 8. The third-order valence-corrected chi connectivity index (χ3v) is 3.48. The minimum Gasteiger partial charge on any atom is -0.431 e. The summed E-state index contributed by atoms with van der Waals surface area (Å²) in [5, 5.41) is 38.2. The van der Waals surface area contributed by atoms with Crippen LogP contribution in [0.4, 0.5) is 0 Å². The van der Waals surface area contributed by atoms with E-state index in [4.69, 9.17) is 14.6 Å². The molecule has 1 aromatic carbocycles. The van der Waals surface area contributed by atoms with Gasteiger partial charge >= 0.3 is 5.97 Å². The fraction of sp³-hybridized carbons (Fsp3) is 0.533. The van der Waals surface area contributed by atoms with Gasteiger partial charge in [-0.25, -0.2) is 4.79 Å². The first-order chi connectivity index (χ1) is 11.1. The molecule has 8 nitrogen and oxygen atoms in total. The average Bonchev–Trinajstić information content (AvgIpc) is 2.58. The molecule has 2 rings (SSSR count). The van der Waals surface area contributed by atoms with Crippen LogP contribution in [-0.4, -0.2) is 99.9 Å². The maximum Gasteiger partial charge on any atom is 0.334 e. The summed E-state index contributed by atoms with van der Waals surface area (Å²) in [6.45, 7) is -1.24. The van der Waals surface area contributed by atoms with E-state index in [2.05, 4.69) is 4.74 Å². The Kier molecular flexibility index (Phi) is 9.35. The zero-order chi connectivity index (χ0) is 16.8. The van der Waals surface area contributed by atoms with Gasteiger partial charge in [-0.15, -0.1) is 0 Å². The van der Waals surface area contributed by atoms with E-state index in [0.29, 0.717) is 0 Å². The summed E-state index contributed by atoms with van der Waals surface area (Å²) in [6.07, 6.45) is -6.47. The maximum absolute atomic E-state index is 11.1. The second-order valence-electron chi connectivity index (χ2n) is 5.12. The van der Waals surface area contributed by atoms with Crippen LogP contribution in [0.1, 0.15) is 5.56 Å². The third-order valence-electron chi connectivity index (χ3n) is 3.48. The van der Waals surface area contributed by atoms with Gasteiger partial charge in [0.15, 0.2) is 0 Å². The van der Waals surface area contributed by atoms with Crippen molar-refractivity contribution in [3.05, 3.63) is 35.9 Å². The number of carbonyl (C=O) groups is 1. The summed E-state index contributed by atoms with van der Waals surface area (Å²) in [6, 6.07) is 9.16. The molecular formula is C15H20NaO8. The van der Waals surface area contributed by atoms with E-state index in [0.717, 1.165) is 5.56 Å². The number of rotatable bonds is 6. The van der Waals surface area contributed by atoms with Crippen molar-refractivity contribution < 1.29 is 39.4 Å². The summed E-state index contributed by atoms with van der Waals surface area (Å²) in [7, 11) is 0. The van der Waals surface area contributed by atoms with Gasteiger partial charge < -0.3 is 34.6 Å². The molecule has 0 spiro atoms.